The number of rotatable bonds is 4. The number of carbonyl (C=O) groups is 1. The van der Waals surface area contributed by atoms with Crippen LogP contribution < -0.4 is 5.32 Å². The van der Waals surface area contributed by atoms with Crippen molar-refractivity contribution in [3.63, 3.8) is 0 Å². The van der Waals surface area contributed by atoms with Crippen molar-refractivity contribution in [1.29, 1.82) is 0 Å². The van der Waals surface area contributed by atoms with E-state index in [4.69, 9.17) is 4.89 Å². The zero-order valence-electron chi connectivity index (χ0n) is 7.27. The molecule has 2 N–H and O–H groups in total. The fraction of sp³-hybridized carbons (Fsp3) is 0.125. The molecule has 0 radical (unpaired) electrons. The Labute approximate surface area is 81.7 Å². The molecule has 1 aromatic carbocycles. The molecular weight excluding hydrogens is 205 g/mol. The van der Waals surface area contributed by atoms with E-state index in [-0.39, 0.29) is 12.6 Å². The molecule has 0 bridgehead atoms. The number of hydrogen-bond donors (Lipinski definition) is 2. The van der Waals surface area contributed by atoms with Crippen LogP contribution in [0.25, 0.3) is 0 Å². The smallest absolute Gasteiger partial charge is 0.318 e. The summed E-state index contributed by atoms with van der Waals surface area (Å²) in [6.07, 6.45) is 0. The summed E-state index contributed by atoms with van der Waals surface area (Å²) in [4.78, 5) is 19.6. The molecular formula is C8H10NO4P. The minimum Gasteiger partial charge on any atom is -0.329 e. The average Bonchev–Trinajstić information content (AvgIpc) is 2.18. The molecule has 0 saturated carbocycles. The lowest BCUT2D eigenvalue weighted by Gasteiger charge is -2.03. The number of hydrogen-bond acceptors (Lipinski definition) is 3. The summed E-state index contributed by atoms with van der Waals surface area (Å²) in [6, 6.07) is 8.52. The normalized spacial score (nSPS) is 12.1. The average molecular weight is 215 g/mol. The van der Waals surface area contributed by atoms with E-state index in [1.54, 1.807) is 30.3 Å². The Morgan fingerprint density at radius 3 is 2.64 bits per heavy atom. The maximum absolute atomic E-state index is 11.3. The number of nitrogens with one attached hydrogen (secondary N) is 1. The first-order valence-electron chi connectivity index (χ1n) is 3.89. The minimum absolute atomic E-state index is 0.262. The van der Waals surface area contributed by atoms with E-state index in [1.165, 1.54) is 0 Å². The van der Waals surface area contributed by atoms with Gasteiger partial charge in [0.1, 0.15) is 6.73 Å². The van der Waals surface area contributed by atoms with Gasteiger partial charge in [-0.2, -0.15) is 0 Å². The van der Waals surface area contributed by atoms with Gasteiger partial charge < -0.3 is 10.2 Å². The van der Waals surface area contributed by atoms with Crippen LogP contribution in [0.2, 0.25) is 0 Å². The predicted molar refractivity (Wildman–Crippen MR) is 51.1 cm³/mol. The fourth-order valence-corrected chi connectivity index (χ4v) is 1.05. The van der Waals surface area contributed by atoms with E-state index in [0.29, 0.717) is 5.56 Å². The van der Waals surface area contributed by atoms with E-state index in [9.17, 15) is 9.36 Å². The first kappa shape index (κ1) is 10.9. The Hall–Kier alpha value is -1.16. The second-order valence-electron chi connectivity index (χ2n) is 2.43. The molecule has 1 atom stereocenters. The van der Waals surface area contributed by atoms with Gasteiger partial charge in [-0.1, -0.05) is 18.2 Å². The predicted octanol–water partition coefficient (Wildman–Crippen LogP) is 0.772. The minimum atomic E-state index is -2.98. The van der Waals surface area contributed by atoms with Gasteiger partial charge in [-0.3, -0.25) is 13.9 Å². The summed E-state index contributed by atoms with van der Waals surface area (Å²) in [6.45, 7) is -0.262. The molecule has 0 fully saturated rings. The Morgan fingerprint density at radius 2 is 2.07 bits per heavy atom. The Morgan fingerprint density at radius 1 is 1.43 bits per heavy atom. The highest BCUT2D eigenvalue weighted by Crippen LogP contribution is 2.12. The molecule has 0 spiro atoms. The third kappa shape index (κ3) is 3.70. The van der Waals surface area contributed by atoms with Gasteiger partial charge in [0, 0.05) is 5.56 Å². The summed E-state index contributed by atoms with van der Waals surface area (Å²) in [5, 5.41) is 2.33. The molecule has 0 aliphatic heterocycles. The van der Waals surface area contributed by atoms with Crippen molar-refractivity contribution in [1.82, 2.24) is 5.32 Å². The van der Waals surface area contributed by atoms with Gasteiger partial charge in [0.15, 0.2) is 0 Å². The van der Waals surface area contributed by atoms with Crippen LogP contribution in [-0.2, 0) is 9.09 Å². The highest BCUT2D eigenvalue weighted by molar-refractivity contribution is 7.32. The van der Waals surface area contributed by atoms with Crippen molar-refractivity contribution >= 4 is 14.2 Å². The van der Waals surface area contributed by atoms with E-state index in [2.05, 4.69) is 9.84 Å². The molecule has 5 nitrogen and oxygen atoms in total. The van der Waals surface area contributed by atoms with Crippen LogP contribution in [0.5, 0.6) is 0 Å². The molecule has 1 amide bonds. The zero-order chi connectivity index (χ0) is 10.4. The van der Waals surface area contributed by atoms with E-state index in [0.717, 1.165) is 0 Å². The van der Waals surface area contributed by atoms with Crippen LogP contribution in [0.15, 0.2) is 30.3 Å². The molecule has 0 aromatic heterocycles. The van der Waals surface area contributed by atoms with Gasteiger partial charge >= 0.3 is 8.25 Å². The highest BCUT2D eigenvalue weighted by Gasteiger charge is 2.03. The van der Waals surface area contributed by atoms with Gasteiger partial charge in [-0.15, -0.1) is 0 Å². The number of carbonyl (C=O) groups excluding carboxylic acids is 1. The summed E-state index contributed by atoms with van der Waals surface area (Å²) in [5.41, 5.74) is 0.480. The van der Waals surface area contributed by atoms with Crippen molar-refractivity contribution < 1.29 is 18.8 Å². The van der Waals surface area contributed by atoms with Crippen molar-refractivity contribution in [2.24, 2.45) is 0 Å². The van der Waals surface area contributed by atoms with E-state index >= 15 is 0 Å². The number of benzene rings is 1. The molecule has 1 unspecified atom stereocenters. The molecule has 0 aliphatic carbocycles. The third-order valence-corrected chi connectivity index (χ3v) is 1.86. The van der Waals surface area contributed by atoms with Crippen LogP contribution in [0.1, 0.15) is 10.4 Å². The van der Waals surface area contributed by atoms with E-state index in [1.807, 2.05) is 0 Å². The molecule has 0 heterocycles. The van der Waals surface area contributed by atoms with Gasteiger partial charge in [-0.05, 0) is 12.1 Å². The first-order valence-corrected chi connectivity index (χ1v) is 5.15. The van der Waals surface area contributed by atoms with Crippen LogP contribution in [0.3, 0.4) is 0 Å². The largest absolute Gasteiger partial charge is 0.329 e. The fourth-order valence-electron chi connectivity index (χ4n) is 0.855. The second-order valence-corrected chi connectivity index (χ2v) is 3.25. The SMILES string of the molecule is O=C(NCO[PH](=O)O)c1ccccc1. The van der Waals surface area contributed by atoms with Gasteiger partial charge in [0.2, 0.25) is 0 Å². The molecule has 14 heavy (non-hydrogen) atoms. The summed E-state index contributed by atoms with van der Waals surface area (Å²) in [7, 11) is -2.98. The van der Waals surface area contributed by atoms with Gasteiger partial charge in [-0.25, -0.2) is 0 Å². The lowest BCUT2D eigenvalue weighted by Crippen LogP contribution is -2.24. The summed E-state index contributed by atoms with van der Waals surface area (Å²) in [5.74, 6) is -0.339. The van der Waals surface area contributed by atoms with Crippen molar-refractivity contribution in [3.05, 3.63) is 35.9 Å². The van der Waals surface area contributed by atoms with Crippen molar-refractivity contribution in [2.75, 3.05) is 6.73 Å². The molecule has 1 rings (SSSR count). The molecule has 0 saturated heterocycles. The maximum Gasteiger partial charge on any atom is 0.318 e. The molecule has 1 aromatic rings. The van der Waals surface area contributed by atoms with Gasteiger partial charge in [0.05, 0.1) is 0 Å². The molecule has 76 valence electrons. The van der Waals surface area contributed by atoms with Crippen LogP contribution in [0, 0.1) is 0 Å². The maximum atomic E-state index is 11.3. The topological polar surface area (TPSA) is 75.6 Å². The standard InChI is InChI=1S/C8H10NO4P/c10-8(9-6-13-14(11)12)7-4-2-1-3-5-7/h1-5,14H,6H2,(H,9,10)(H,11,12). The van der Waals surface area contributed by atoms with Gasteiger partial charge in [0.25, 0.3) is 5.91 Å². The van der Waals surface area contributed by atoms with Crippen LogP contribution in [-0.4, -0.2) is 17.5 Å². The van der Waals surface area contributed by atoms with Crippen LogP contribution in [0.4, 0.5) is 0 Å². The molecule has 6 heteroatoms. The highest BCUT2D eigenvalue weighted by atomic mass is 31.1. The Bertz CT molecular complexity index is 327. The van der Waals surface area contributed by atoms with Crippen LogP contribution >= 0.6 is 8.25 Å². The monoisotopic (exact) mass is 215 g/mol. The lowest BCUT2D eigenvalue weighted by molar-refractivity contribution is 0.0918. The summed E-state index contributed by atoms with van der Waals surface area (Å²) >= 11 is 0. The third-order valence-electron chi connectivity index (χ3n) is 1.46. The molecule has 0 aliphatic rings. The van der Waals surface area contributed by atoms with Crippen molar-refractivity contribution in [2.45, 2.75) is 0 Å². The first-order chi connectivity index (χ1) is 6.70. The quantitative estimate of drug-likeness (QED) is 0.574. The van der Waals surface area contributed by atoms with E-state index < -0.39 is 8.25 Å². The Kier molecular flexibility index (Phi) is 4.32. The Balaban J connectivity index is 2.40. The van der Waals surface area contributed by atoms with Crippen molar-refractivity contribution in [3.8, 4) is 0 Å². The zero-order valence-corrected chi connectivity index (χ0v) is 8.27. The number of amides is 1. The second kappa shape index (κ2) is 5.54. The summed E-state index contributed by atoms with van der Waals surface area (Å²) < 4.78 is 14.4. The lowest BCUT2D eigenvalue weighted by atomic mass is 10.2.